The lowest BCUT2D eigenvalue weighted by Gasteiger charge is -2.43. The molecule has 4 heteroatoms. The third-order valence-corrected chi connectivity index (χ3v) is 5.04. The maximum absolute atomic E-state index is 12.7. The van der Waals surface area contributed by atoms with E-state index in [2.05, 4.69) is 12.2 Å². The van der Waals surface area contributed by atoms with Crippen LogP contribution in [0.5, 0.6) is 0 Å². The van der Waals surface area contributed by atoms with E-state index in [0.29, 0.717) is 17.8 Å². The molecule has 4 unspecified atom stereocenters. The second-order valence-electron chi connectivity index (χ2n) is 6.57. The molecule has 2 amide bonds. The molecule has 4 atom stereocenters. The molecule has 1 heterocycles. The monoisotopic (exact) mass is 250 g/mol. The van der Waals surface area contributed by atoms with Crippen LogP contribution in [0.15, 0.2) is 0 Å². The summed E-state index contributed by atoms with van der Waals surface area (Å²) in [7, 11) is 0. The maximum Gasteiger partial charge on any atom is 0.249 e. The normalized spacial score (nSPS) is 43.9. The molecule has 3 fully saturated rings. The summed E-state index contributed by atoms with van der Waals surface area (Å²) >= 11 is 0. The minimum absolute atomic E-state index is 0.0114. The third kappa shape index (κ3) is 1.73. The van der Waals surface area contributed by atoms with Crippen LogP contribution in [0.25, 0.3) is 0 Å². The molecule has 0 bridgehead atoms. The highest BCUT2D eigenvalue weighted by molar-refractivity contribution is 5.99. The Morgan fingerprint density at radius 2 is 1.94 bits per heavy atom. The van der Waals surface area contributed by atoms with Crippen molar-refractivity contribution < 1.29 is 9.59 Å². The molecule has 0 spiro atoms. The molecule has 1 N–H and O–H groups in total. The zero-order chi connectivity index (χ0) is 13.1. The molecule has 0 radical (unpaired) electrons. The average Bonchev–Trinajstić information content (AvgIpc) is 3.18. The van der Waals surface area contributed by atoms with E-state index in [0.717, 1.165) is 19.4 Å². The minimum Gasteiger partial charge on any atom is -0.340 e. The molecule has 2 aliphatic carbocycles. The van der Waals surface area contributed by atoms with Crippen molar-refractivity contribution in [2.75, 3.05) is 6.54 Å². The lowest BCUT2D eigenvalue weighted by molar-refractivity contribution is -0.154. The van der Waals surface area contributed by atoms with Crippen LogP contribution >= 0.6 is 0 Å². The fraction of sp³-hybridized carbons (Fsp3) is 0.857. The summed E-state index contributed by atoms with van der Waals surface area (Å²) in [5, 5.41) is 2.96. The van der Waals surface area contributed by atoms with Gasteiger partial charge in [0.05, 0.1) is 0 Å². The van der Waals surface area contributed by atoms with Crippen molar-refractivity contribution in [3.05, 3.63) is 0 Å². The highest BCUT2D eigenvalue weighted by Gasteiger charge is 2.55. The van der Waals surface area contributed by atoms with Gasteiger partial charge >= 0.3 is 0 Å². The smallest absolute Gasteiger partial charge is 0.249 e. The van der Waals surface area contributed by atoms with Gasteiger partial charge in [0.1, 0.15) is 11.6 Å². The van der Waals surface area contributed by atoms with Crippen LogP contribution in [0.1, 0.15) is 40.0 Å². The van der Waals surface area contributed by atoms with Crippen LogP contribution in [0.4, 0.5) is 0 Å². The SMILES string of the molecule is CC1CC1CN1C(=O)C(C)(C2CC2)NC(=O)C1C. The number of carbonyl (C=O) groups is 2. The Balaban J connectivity index is 1.80. The molecule has 18 heavy (non-hydrogen) atoms. The molecule has 3 rings (SSSR count). The number of nitrogens with zero attached hydrogens (tertiary/aromatic N) is 1. The summed E-state index contributed by atoms with van der Waals surface area (Å²) in [5.74, 6) is 1.81. The van der Waals surface area contributed by atoms with Crippen LogP contribution in [-0.2, 0) is 9.59 Å². The summed E-state index contributed by atoms with van der Waals surface area (Å²) in [6.07, 6.45) is 3.31. The average molecular weight is 250 g/mol. The Kier molecular flexibility index (Phi) is 2.48. The predicted octanol–water partition coefficient (Wildman–Crippen LogP) is 1.16. The first-order valence-corrected chi connectivity index (χ1v) is 7.06. The molecule has 0 aromatic carbocycles. The van der Waals surface area contributed by atoms with E-state index in [-0.39, 0.29) is 17.9 Å². The Morgan fingerprint density at radius 3 is 2.44 bits per heavy atom. The van der Waals surface area contributed by atoms with E-state index < -0.39 is 5.54 Å². The lowest BCUT2D eigenvalue weighted by Crippen LogP contribution is -2.69. The number of hydrogen-bond donors (Lipinski definition) is 1. The molecular weight excluding hydrogens is 228 g/mol. The van der Waals surface area contributed by atoms with Crippen molar-refractivity contribution in [3.8, 4) is 0 Å². The first-order valence-electron chi connectivity index (χ1n) is 7.06. The van der Waals surface area contributed by atoms with Crippen molar-refractivity contribution in [2.45, 2.75) is 51.6 Å². The Bertz CT molecular complexity index is 405. The number of hydrogen-bond acceptors (Lipinski definition) is 2. The predicted molar refractivity (Wildman–Crippen MR) is 67.7 cm³/mol. The van der Waals surface area contributed by atoms with E-state index in [4.69, 9.17) is 0 Å². The van der Waals surface area contributed by atoms with Gasteiger partial charge in [-0.25, -0.2) is 0 Å². The maximum atomic E-state index is 12.7. The number of piperazine rings is 1. The molecule has 100 valence electrons. The first-order chi connectivity index (χ1) is 8.43. The Morgan fingerprint density at radius 1 is 1.33 bits per heavy atom. The first kappa shape index (κ1) is 12.0. The number of rotatable bonds is 3. The van der Waals surface area contributed by atoms with E-state index in [9.17, 15) is 9.59 Å². The summed E-state index contributed by atoms with van der Waals surface area (Å²) in [4.78, 5) is 26.6. The van der Waals surface area contributed by atoms with Gasteiger partial charge in [0.2, 0.25) is 11.8 Å². The summed E-state index contributed by atoms with van der Waals surface area (Å²) in [6, 6.07) is -0.308. The van der Waals surface area contributed by atoms with E-state index in [1.165, 1.54) is 6.42 Å². The second-order valence-corrected chi connectivity index (χ2v) is 6.57. The van der Waals surface area contributed by atoms with Crippen molar-refractivity contribution in [1.29, 1.82) is 0 Å². The standard InChI is InChI=1S/C14H22N2O2/c1-8-6-10(8)7-16-9(2)12(17)15-14(3,13(16)18)11-4-5-11/h8-11H,4-7H2,1-3H3,(H,15,17). The zero-order valence-corrected chi connectivity index (χ0v) is 11.4. The number of amides is 2. The van der Waals surface area contributed by atoms with Gasteiger partial charge in [0.15, 0.2) is 0 Å². The topological polar surface area (TPSA) is 49.4 Å². The fourth-order valence-electron chi connectivity index (χ4n) is 3.11. The molecule has 0 aromatic heterocycles. The van der Waals surface area contributed by atoms with Crippen molar-refractivity contribution in [3.63, 3.8) is 0 Å². The summed E-state index contributed by atoms with van der Waals surface area (Å²) in [6.45, 7) is 6.72. The van der Waals surface area contributed by atoms with Crippen LogP contribution in [0.2, 0.25) is 0 Å². The zero-order valence-electron chi connectivity index (χ0n) is 11.4. The van der Waals surface area contributed by atoms with Gasteiger partial charge in [-0.2, -0.15) is 0 Å². The van der Waals surface area contributed by atoms with Crippen molar-refractivity contribution in [2.24, 2.45) is 17.8 Å². The van der Waals surface area contributed by atoms with Crippen LogP contribution < -0.4 is 5.32 Å². The van der Waals surface area contributed by atoms with E-state index in [1.54, 1.807) is 0 Å². The van der Waals surface area contributed by atoms with Gasteiger partial charge in [-0.3, -0.25) is 9.59 Å². The van der Waals surface area contributed by atoms with Gasteiger partial charge in [-0.1, -0.05) is 6.92 Å². The minimum atomic E-state index is -0.637. The lowest BCUT2D eigenvalue weighted by atomic mass is 9.89. The number of carbonyl (C=O) groups excluding carboxylic acids is 2. The van der Waals surface area contributed by atoms with Gasteiger partial charge in [-0.05, 0) is 50.9 Å². The fourth-order valence-corrected chi connectivity index (χ4v) is 3.11. The molecule has 3 aliphatic rings. The second kappa shape index (κ2) is 3.72. The van der Waals surface area contributed by atoms with Gasteiger partial charge < -0.3 is 10.2 Å². The summed E-state index contributed by atoms with van der Waals surface area (Å²) in [5.41, 5.74) is -0.637. The van der Waals surface area contributed by atoms with Crippen LogP contribution in [0.3, 0.4) is 0 Å². The quantitative estimate of drug-likeness (QED) is 0.817. The largest absolute Gasteiger partial charge is 0.340 e. The van der Waals surface area contributed by atoms with Crippen molar-refractivity contribution in [1.82, 2.24) is 10.2 Å². The number of nitrogens with one attached hydrogen (secondary N) is 1. The summed E-state index contributed by atoms with van der Waals surface area (Å²) < 4.78 is 0. The van der Waals surface area contributed by atoms with E-state index in [1.807, 2.05) is 18.7 Å². The van der Waals surface area contributed by atoms with Gasteiger partial charge in [0, 0.05) is 6.54 Å². The molecule has 4 nitrogen and oxygen atoms in total. The Hall–Kier alpha value is -1.06. The molecule has 1 saturated heterocycles. The van der Waals surface area contributed by atoms with Crippen LogP contribution in [-0.4, -0.2) is 34.8 Å². The molecule has 2 saturated carbocycles. The van der Waals surface area contributed by atoms with E-state index >= 15 is 0 Å². The third-order valence-electron chi connectivity index (χ3n) is 5.04. The molecule has 0 aromatic rings. The van der Waals surface area contributed by atoms with Crippen LogP contribution in [0, 0.1) is 17.8 Å². The van der Waals surface area contributed by atoms with Gasteiger partial charge in [0.25, 0.3) is 0 Å². The molecule has 1 aliphatic heterocycles. The highest BCUT2D eigenvalue weighted by atomic mass is 16.2. The highest BCUT2D eigenvalue weighted by Crippen LogP contribution is 2.44. The molecular formula is C14H22N2O2. The van der Waals surface area contributed by atoms with Crippen molar-refractivity contribution >= 4 is 11.8 Å². The Labute approximate surface area is 108 Å². The van der Waals surface area contributed by atoms with Gasteiger partial charge in [-0.15, -0.1) is 0 Å².